The average Bonchev–Trinajstić information content (AvgIpc) is 2.87. The number of nitrogens with zero attached hydrogens (tertiary/aromatic N) is 1. The SMILES string of the molecule is CCCNCc1ncoc1-c1ccc(C)s1. The summed E-state index contributed by atoms with van der Waals surface area (Å²) in [5, 5.41) is 3.34. The molecule has 0 aliphatic carbocycles. The predicted octanol–water partition coefficient (Wildman–Crippen LogP) is 3.21. The van der Waals surface area contributed by atoms with Gasteiger partial charge in [0.15, 0.2) is 12.2 Å². The summed E-state index contributed by atoms with van der Waals surface area (Å²) in [5.74, 6) is 0.904. The number of aromatic nitrogens is 1. The minimum Gasteiger partial charge on any atom is -0.442 e. The first kappa shape index (κ1) is 11.4. The summed E-state index contributed by atoms with van der Waals surface area (Å²) in [6.45, 7) is 6.03. The largest absolute Gasteiger partial charge is 0.442 e. The lowest BCUT2D eigenvalue weighted by molar-refractivity contribution is 0.570. The number of hydrogen-bond donors (Lipinski definition) is 1. The molecule has 3 nitrogen and oxygen atoms in total. The molecule has 0 saturated heterocycles. The van der Waals surface area contributed by atoms with E-state index >= 15 is 0 Å². The first-order valence-electron chi connectivity index (χ1n) is 5.51. The lowest BCUT2D eigenvalue weighted by Gasteiger charge is -2.00. The van der Waals surface area contributed by atoms with Gasteiger partial charge in [-0.2, -0.15) is 0 Å². The summed E-state index contributed by atoms with van der Waals surface area (Å²) >= 11 is 1.74. The van der Waals surface area contributed by atoms with Gasteiger partial charge in [0.2, 0.25) is 0 Å². The molecular weight excluding hydrogens is 220 g/mol. The molecule has 2 aromatic heterocycles. The van der Waals surface area contributed by atoms with Crippen LogP contribution in [0.2, 0.25) is 0 Å². The van der Waals surface area contributed by atoms with E-state index in [1.165, 1.54) is 11.3 Å². The topological polar surface area (TPSA) is 38.1 Å². The average molecular weight is 236 g/mol. The van der Waals surface area contributed by atoms with Gasteiger partial charge < -0.3 is 9.73 Å². The second-order valence-corrected chi connectivity index (χ2v) is 5.00. The van der Waals surface area contributed by atoms with Crippen molar-refractivity contribution in [2.24, 2.45) is 0 Å². The molecule has 0 unspecified atom stereocenters. The fourth-order valence-electron chi connectivity index (χ4n) is 1.54. The van der Waals surface area contributed by atoms with E-state index in [2.05, 4.69) is 36.3 Å². The Balaban J connectivity index is 2.12. The molecule has 0 radical (unpaired) electrons. The third-order valence-corrected chi connectivity index (χ3v) is 3.32. The number of hydrogen-bond acceptors (Lipinski definition) is 4. The molecule has 0 amide bonds. The zero-order chi connectivity index (χ0) is 11.4. The Labute approximate surface area is 99.5 Å². The van der Waals surface area contributed by atoms with Gasteiger partial charge in [0, 0.05) is 11.4 Å². The summed E-state index contributed by atoms with van der Waals surface area (Å²) in [7, 11) is 0. The smallest absolute Gasteiger partial charge is 0.181 e. The molecule has 0 aromatic carbocycles. The zero-order valence-corrected chi connectivity index (χ0v) is 10.4. The van der Waals surface area contributed by atoms with E-state index in [1.54, 1.807) is 11.3 Å². The molecule has 1 N–H and O–H groups in total. The highest BCUT2D eigenvalue weighted by Gasteiger charge is 2.11. The van der Waals surface area contributed by atoms with Gasteiger partial charge in [0.1, 0.15) is 5.69 Å². The van der Waals surface area contributed by atoms with Crippen molar-refractivity contribution in [2.75, 3.05) is 6.54 Å². The quantitative estimate of drug-likeness (QED) is 0.810. The molecule has 0 bridgehead atoms. The Hall–Kier alpha value is -1.13. The van der Waals surface area contributed by atoms with Crippen molar-refractivity contribution < 1.29 is 4.42 Å². The first-order chi connectivity index (χ1) is 7.81. The van der Waals surface area contributed by atoms with Crippen LogP contribution < -0.4 is 5.32 Å². The van der Waals surface area contributed by atoms with Gasteiger partial charge in [-0.1, -0.05) is 6.92 Å². The summed E-state index contributed by atoms with van der Waals surface area (Å²) in [6, 6.07) is 4.19. The molecule has 0 aliphatic rings. The molecule has 0 aliphatic heterocycles. The van der Waals surface area contributed by atoms with Crippen molar-refractivity contribution in [3.8, 4) is 10.6 Å². The second-order valence-electron chi connectivity index (χ2n) is 3.72. The van der Waals surface area contributed by atoms with E-state index in [0.717, 1.165) is 35.8 Å². The van der Waals surface area contributed by atoms with Gasteiger partial charge in [-0.25, -0.2) is 4.98 Å². The molecule has 86 valence electrons. The van der Waals surface area contributed by atoms with Gasteiger partial charge >= 0.3 is 0 Å². The second kappa shape index (κ2) is 5.27. The van der Waals surface area contributed by atoms with Crippen LogP contribution in [0.15, 0.2) is 22.9 Å². The van der Waals surface area contributed by atoms with E-state index < -0.39 is 0 Å². The van der Waals surface area contributed by atoms with Crippen LogP contribution in [0.3, 0.4) is 0 Å². The van der Waals surface area contributed by atoms with Crippen LogP contribution in [0.25, 0.3) is 10.6 Å². The molecule has 4 heteroatoms. The Kier molecular flexibility index (Phi) is 3.74. The number of rotatable bonds is 5. The van der Waals surface area contributed by atoms with Crippen LogP contribution in [-0.4, -0.2) is 11.5 Å². The summed E-state index contributed by atoms with van der Waals surface area (Å²) < 4.78 is 5.45. The van der Waals surface area contributed by atoms with Crippen LogP contribution in [0.5, 0.6) is 0 Å². The number of nitrogens with one attached hydrogen (secondary N) is 1. The Morgan fingerprint density at radius 1 is 1.44 bits per heavy atom. The van der Waals surface area contributed by atoms with Crippen molar-refractivity contribution in [3.63, 3.8) is 0 Å². The molecular formula is C12H16N2OS. The van der Waals surface area contributed by atoms with E-state index in [1.807, 2.05) is 0 Å². The fourth-order valence-corrected chi connectivity index (χ4v) is 2.41. The van der Waals surface area contributed by atoms with E-state index in [4.69, 9.17) is 4.42 Å². The maximum Gasteiger partial charge on any atom is 0.181 e. The number of aryl methyl sites for hydroxylation is 1. The molecule has 16 heavy (non-hydrogen) atoms. The summed E-state index contributed by atoms with van der Waals surface area (Å²) in [6.07, 6.45) is 2.65. The van der Waals surface area contributed by atoms with Crippen LogP contribution in [0, 0.1) is 6.92 Å². The maximum atomic E-state index is 5.45. The van der Waals surface area contributed by atoms with Gasteiger partial charge in [-0.15, -0.1) is 11.3 Å². The molecule has 0 spiro atoms. The van der Waals surface area contributed by atoms with Crippen molar-refractivity contribution in [1.29, 1.82) is 0 Å². The van der Waals surface area contributed by atoms with Crippen molar-refractivity contribution in [1.82, 2.24) is 10.3 Å². The monoisotopic (exact) mass is 236 g/mol. The molecule has 2 heterocycles. The molecule has 2 rings (SSSR count). The van der Waals surface area contributed by atoms with Gasteiger partial charge in [0.05, 0.1) is 4.88 Å². The Morgan fingerprint density at radius 3 is 3.00 bits per heavy atom. The highest BCUT2D eigenvalue weighted by atomic mass is 32.1. The number of oxazole rings is 1. The molecule has 0 fully saturated rings. The lowest BCUT2D eigenvalue weighted by Crippen LogP contribution is -2.14. The minimum atomic E-state index is 0.774. The molecule has 2 aromatic rings. The predicted molar refractivity (Wildman–Crippen MR) is 66.6 cm³/mol. The van der Waals surface area contributed by atoms with Gasteiger partial charge in [-0.3, -0.25) is 0 Å². The van der Waals surface area contributed by atoms with Gasteiger partial charge in [0.25, 0.3) is 0 Å². The fraction of sp³-hybridized carbons (Fsp3) is 0.417. The van der Waals surface area contributed by atoms with Crippen LogP contribution in [-0.2, 0) is 6.54 Å². The van der Waals surface area contributed by atoms with Crippen LogP contribution in [0.1, 0.15) is 23.9 Å². The summed E-state index contributed by atoms with van der Waals surface area (Å²) in [4.78, 5) is 6.70. The van der Waals surface area contributed by atoms with Crippen LogP contribution >= 0.6 is 11.3 Å². The highest BCUT2D eigenvalue weighted by molar-refractivity contribution is 7.15. The molecule has 0 atom stereocenters. The third kappa shape index (κ3) is 2.51. The van der Waals surface area contributed by atoms with E-state index in [9.17, 15) is 0 Å². The van der Waals surface area contributed by atoms with E-state index in [-0.39, 0.29) is 0 Å². The standard InChI is InChI=1S/C12H16N2OS/c1-3-6-13-7-10-12(15-8-14-10)11-5-4-9(2)16-11/h4-5,8,13H,3,6-7H2,1-2H3. The first-order valence-corrected chi connectivity index (χ1v) is 6.32. The lowest BCUT2D eigenvalue weighted by atomic mass is 10.3. The summed E-state index contributed by atoms with van der Waals surface area (Å²) in [5.41, 5.74) is 0.996. The Bertz CT molecular complexity index is 447. The van der Waals surface area contributed by atoms with Crippen molar-refractivity contribution in [2.45, 2.75) is 26.8 Å². The number of thiophene rings is 1. The van der Waals surface area contributed by atoms with Crippen LogP contribution in [0.4, 0.5) is 0 Å². The minimum absolute atomic E-state index is 0.774. The molecule has 0 saturated carbocycles. The maximum absolute atomic E-state index is 5.45. The Morgan fingerprint density at radius 2 is 2.31 bits per heavy atom. The normalized spacial score (nSPS) is 10.9. The van der Waals surface area contributed by atoms with Crippen molar-refractivity contribution in [3.05, 3.63) is 29.1 Å². The zero-order valence-electron chi connectivity index (χ0n) is 9.62. The van der Waals surface area contributed by atoms with Crippen molar-refractivity contribution >= 4 is 11.3 Å². The van der Waals surface area contributed by atoms with Gasteiger partial charge in [-0.05, 0) is 32.0 Å². The highest BCUT2D eigenvalue weighted by Crippen LogP contribution is 2.29. The van der Waals surface area contributed by atoms with E-state index in [0.29, 0.717) is 0 Å². The third-order valence-electron chi connectivity index (χ3n) is 2.32.